The highest BCUT2D eigenvalue weighted by atomic mass is 35.6. The number of fused-ring (bicyclic) bond motifs is 1. The first-order chi connectivity index (χ1) is 18.7. The van der Waals surface area contributed by atoms with Crippen LogP contribution in [0, 0.1) is 0 Å². The van der Waals surface area contributed by atoms with E-state index >= 15 is 0 Å². The summed E-state index contributed by atoms with van der Waals surface area (Å²) in [5.41, 5.74) is -0.354. The van der Waals surface area contributed by atoms with Crippen LogP contribution >= 0.6 is 46.6 Å². The summed E-state index contributed by atoms with van der Waals surface area (Å²) in [4.78, 5) is 52.9. The molecule has 0 radical (unpaired) electrons. The number of para-hydroxylation sites is 1. The molecule has 2 rings (SSSR count). The Morgan fingerprint density at radius 2 is 1.51 bits per heavy atom. The van der Waals surface area contributed by atoms with Crippen molar-refractivity contribution in [1.29, 1.82) is 0 Å². The van der Waals surface area contributed by atoms with Crippen molar-refractivity contribution in [3.05, 3.63) is 29.8 Å². The molecule has 1 aromatic heterocycles. The number of aliphatic carboxylic acids is 1. The number of hydrogen-bond acceptors (Lipinski definition) is 8. The second-order valence-corrected chi connectivity index (χ2v) is 14.5. The maximum atomic E-state index is 13.0. The zero-order valence-electron chi connectivity index (χ0n) is 23.4. The molecule has 0 spiro atoms. The molecule has 4 N–H and O–H groups in total. The first kappa shape index (κ1) is 34.7. The smallest absolute Gasteiger partial charge is 0.408 e. The number of amides is 2. The molecule has 1 heterocycles. The predicted molar refractivity (Wildman–Crippen MR) is 158 cm³/mol. The molecule has 0 bridgehead atoms. The highest BCUT2D eigenvalue weighted by Gasteiger charge is 2.31. The van der Waals surface area contributed by atoms with Gasteiger partial charge in [0.25, 0.3) is 0 Å². The molecule has 0 saturated heterocycles. The number of nitrogens with one attached hydrogen (secondary N) is 3. The predicted octanol–water partition coefficient (Wildman–Crippen LogP) is 5.59. The quantitative estimate of drug-likeness (QED) is 0.111. The SMILES string of the molecule is CC(C)(C)OC(=O)N[C@@H](CSc1[nH]c2ccccc2c1C[C@H](NC(=O)OCC(Cl)(Cl)Cl)C(=O)O)C(=O)OC(C)(C)C. The number of halogens is 3. The molecule has 41 heavy (non-hydrogen) atoms. The summed E-state index contributed by atoms with van der Waals surface area (Å²) < 4.78 is 13.8. The van der Waals surface area contributed by atoms with E-state index in [2.05, 4.69) is 15.6 Å². The van der Waals surface area contributed by atoms with Crippen LogP contribution in [0.25, 0.3) is 10.9 Å². The van der Waals surface area contributed by atoms with Crippen LogP contribution < -0.4 is 10.6 Å². The molecule has 2 atom stereocenters. The molecular weight excluding hydrogens is 621 g/mol. The number of carbonyl (C=O) groups is 4. The lowest BCUT2D eigenvalue weighted by Crippen LogP contribution is -2.47. The van der Waals surface area contributed by atoms with E-state index in [1.165, 1.54) is 11.8 Å². The number of benzene rings is 1. The largest absolute Gasteiger partial charge is 0.480 e. The number of alkyl carbamates (subject to hydrolysis) is 2. The molecule has 11 nitrogen and oxygen atoms in total. The van der Waals surface area contributed by atoms with Crippen LogP contribution in [-0.2, 0) is 30.2 Å². The minimum atomic E-state index is -1.87. The summed E-state index contributed by atoms with van der Waals surface area (Å²) in [6.07, 6.45) is -2.03. The number of rotatable bonds is 10. The maximum Gasteiger partial charge on any atom is 0.408 e. The zero-order chi connectivity index (χ0) is 31.2. The number of carbonyl (C=O) groups excluding carboxylic acids is 3. The van der Waals surface area contributed by atoms with Crippen molar-refractivity contribution in [2.24, 2.45) is 0 Å². The number of hydrogen-bond donors (Lipinski definition) is 4. The fourth-order valence-electron chi connectivity index (χ4n) is 3.39. The molecule has 2 amide bonds. The Morgan fingerprint density at radius 1 is 0.927 bits per heavy atom. The van der Waals surface area contributed by atoms with E-state index in [0.717, 1.165) is 0 Å². The lowest BCUT2D eigenvalue weighted by Gasteiger charge is -2.26. The summed E-state index contributed by atoms with van der Waals surface area (Å²) in [5, 5.41) is 15.9. The van der Waals surface area contributed by atoms with Crippen molar-refractivity contribution >= 4 is 81.6 Å². The van der Waals surface area contributed by atoms with Crippen molar-refractivity contribution < 1.29 is 38.5 Å². The van der Waals surface area contributed by atoms with Gasteiger partial charge in [-0.15, -0.1) is 11.8 Å². The molecule has 0 aliphatic heterocycles. The number of ether oxygens (including phenoxy) is 3. The van der Waals surface area contributed by atoms with Gasteiger partial charge in [0.2, 0.25) is 3.79 Å². The molecule has 0 aliphatic rings. The minimum absolute atomic E-state index is 0.0183. The third-order valence-corrected chi connectivity index (χ3v) is 6.38. The van der Waals surface area contributed by atoms with Crippen molar-refractivity contribution in [1.82, 2.24) is 15.6 Å². The summed E-state index contributed by atoms with van der Waals surface area (Å²) in [6.45, 7) is 9.62. The van der Waals surface area contributed by atoms with E-state index in [1.807, 2.05) is 0 Å². The van der Waals surface area contributed by atoms with E-state index < -0.39 is 57.8 Å². The lowest BCUT2D eigenvalue weighted by atomic mass is 10.1. The van der Waals surface area contributed by atoms with Gasteiger partial charge in [0, 0.05) is 23.1 Å². The average molecular weight is 655 g/mol. The summed E-state index contributed by atoms with van der Waals surface area (Å²) in [7, 11) is 0. The molecular formula is C26H34Cl3N3O8S. The van der Waals surface area contributed by atoms with Crippen LogP contribution in [0.5, 0.6) is 0 Å². The fraction of sp³-hybridized carbons (Fsp3) is 0.538. The van der Waals surface area contributed by atoms with Gasteiger partial charge in [-0.1, -0.05) is 53.0 Å². The van der Waals surface area contributed by atoms with Crippen molar-refractivity contribution in [2.75, 3.05) is 12.4 Å². The van der Waals surface area contributed by atoms with Crippen LogP contribution in [0.4, 0.5) is 9.59 Å². The van der Waals surface area contributed by atoms with Gasteiger partial charge in [-0.3, -0.25) is 0 Å². The second-order valence-electron chi connectivity index (χ2n) is 11.0. The topological polar surface area (TPSA) is 156 Å². The summed E-state index contributed by atoms with van der Waals surface area (Å²) >= 11 is 17.9. The standard InChI is InChI=1S/C26H34Cl3N3O8S/c1-24(2,3)39-21(35)18(32-23(37)40-25(4,5)6)12-41-19-15(14-9-7-8-10-16(14)30-19)11-17(20(33)34)31-22(36)38-13-26(27,28)29/h7-10,17-18,30H,11-13H2,1-6H3,(H,31,36)(H,32,37)(H,33,34)/t17-,18-/m0/s1. The third-order valence-electron chi connectivity index (χ3n) is 4.92. The van der Waals surface area contributed by atoms with Crippen LogP contribution in [0.15, 0.2) is 29.3 Å². The monoisotopic (exact) mass is 653 g/mol. The average Bonchev–Trinajstić information content (AvgIpc) is 3.14. The van der Waals surface area contributed by atoms with Gasteiger partial charge in [0.1, 0.15) is 29.9 Å². The van der Waals surface area contributed by atoms with Gasteiger partial charge in [-0.2, -0.15) is 0 Å². The Morgan fingerprint density at radius 3 is 2.07 bits per heavy atom. The molecule has 0 aliphatic carbocycles. The Hall–Kier alpha value is -2.54. The number of aromatic nitrogens is 1. The van der Waals surface area contributed by atoms with Gasteiger partial charge in [-0.05, 0) is 53.2 Å². The minimum Gasteiger partial charge on any atom is -0.480 e. The first-order valence-corrected chi connectivity index (χ1v) is 14.5. The fourth-order valence-corrected chi connectivity index (χ4v) is 4.66. The number of alkyl halides is 3. The second kappa shape index (κ2) is 14.1. The van der Waals surface area contributed by atoms with Crippen molar-refractivity contribution in [2.45, 2.75) is 80.1 Å². The Labute approximate surface area is 257 Å². The summed E-state index contributed by atoms with van der Waals surface area (Å²) in [5.74, 6) is -1.98. The normalized spacial score (nSPS) is 13.7. The lowest BCUT2D eigenvalue weighted by molar-refractivity contribution is -0.156. The Balaban J connectivity index is 2.32. The summed E-state index contributed by atoms with van der Waals surface area (Å²) in [6, 6.07) is 4.66. The van der Waals surface area contributed by atoms with Crippen LogP contribution in [0.3, 0.4) is 0 Å². The van der Waals surface area contributed by atoms with Crippen LogP contribution in [0.2, 0.25) is 0 Å². The van der Waals surface area contributed by atoms with Gasteiger partial charge >= 0.3 is 24.1 Å². The molecule has 15 heteroatoms. The number of esters is 1. The molecule has 0 fully saturated rings. The van der Waals surface area contributed by atoms with Crippen molar-refractivity contribution in [3.8, 4) is 0 Å². The van der Waals surface area contributed by atoms with Gasteiger partial charge in [0.15, 0.2) is 0 Å². The highest BCUT2D eigenvalue weighted by Crippen LogP contribution is 2.32. The number of aromatic amines is 1. The molecule has 2 aromatic rings. The molecule has 0 unspecified atom stereocenters. The Kier molecular flexibility index (Phi) is 11.9. The van der Waals surface area contributed by atoms with Gasteiger partial charge in [-0.25, -0.2) is 19.2 Å². The highest BCUT2D eigenvalue weighted by molar-refractivity contribution is 7.99. The third kappa shape index (κ3) is 12.5. The van der Waals surface area contributed by atoms with E-state index in [0.29, 0.717) is 21.5 Å². The van der Waals surface area contributed by atoms with E-state index in [-0.39, 0.29) is 12.2 Å². The van der Waals surface area contributed by atoms with Crippen LogP contribution in [0.1, 0.15) is 47.1 Å². The van der Waals surface area contributed by atoms with E-state index in [9.17, 15) is 24.3 Å². The number of thioether (sulfide) groups is 1. The maximum absolute atomic E-state index is 13.0. The van der Waals surface area contributed by atoms with Gasteiger partial charge in [0.05, 0.1) is 5.03 Å². The number of carboxylic acids is 1. The van der Waals surface area contributed by atoms with E-state index in [1.54, 1.807) is 65.8 Å². The first-order valence-electron chi connectivity index (χ1n) is 12.4. The Bertz CT molecular complexity index is 1250. The van der Waals surface area contributed by atoms with E-state index in [4.69, 9.17) is 49.0 Å². The van der Waals surface area contributed by atoms with Gasteiger partial charge < -0.3 is 34.9 Å². The molecule has 228 valence electrons. The van der Waals surface area contributed by atoms with Crippen molar-refractivity contribution in [3.63, 3.8) is 0 Å². The molecule has 0 saturated carbocycles. The number of H-pyrrole nitrogens is 1. The van der Waals surface area contributed by atoms with Crippen LogP contribution in [-0.4, -0.2) is 73.7 Å². The number of carboxylic acid groups (broad SMARTS) is 1. The molecule has 1 aromatic carbocycles. The zero-order valence-corrected chi connectivity index (χ0v) is 26.5.